The molecule has 0 unspecified atom stereocenters. The van der Waals surface area contributed by atoms with E-state index in [2.05, 4.69) is 28.2 Å². The van der Waals surface area contributed by atoms with Crippen molar-refractivity contribution in [2.45, 2.75) is 23.6 Å². The Balaban J connectivity index is 1.92. The van der Waals surface area contributed by atoms with E-state index in [9.17, 15) is 0 Å². The molecule has 0 saturated heterocycles. The maximum Gasteiger partial charge on any atom is 0.105 e. The van der Waals surface area contributed by atoms with Crippen LogP contribution >= 0.6 is 11.8 Å². The van der Waals surface area contributed by atoms with Crippen molar-refractivity contribution in [3.8, 4) is 0 Å². The molecule has 1 aromatic carbocycles. The summed E-state index contributed by atoms with van der Waals surface area (Å²) < 4.78 is 0. The van der Waals surface area contributed by atoms with E-state index in [1.807, 2.05) is 25.1 Å². The van der Waals surface area contributed by atoms with Gasteiger partial charge in [-0.3, -0.25) is 0 Å². The number of hydrogen-bond donors (Lipinski definition) is 2. The molecular weight excluding hydrogens is 256 g/mol. The highest BCUT2D eigenvalue weighted by Gasteiger charge is 2.06. The zero-order chi connectivity index (χ0) is 13.2. The normalized spacial score (nSPS) is 11.1. The number of benzene rings is 1. The van der Waals surface area contributed by atoms with E-state index in [0.29, 0.717) is 0 Å². The molecule has 3 aromatic rings. The van der Waals surface area contributed by atoms with Crippen LogP contribution in [0.4, 0.5) is 0 Å². The van der Waals surface area contributed by atoms with Gasteiger partial charge in [0.05, 0.1) is 11.6 Å². The third-order valence-corrected chi connectivity index (χ3v) is 4.04. The summed E-state index contributed by atoms with van der Waals surface area (Å²) in [7, 11) is 0. The van der Waals surface area contributed by atoms with E-state index in [-0.39, 0.29) is 6.61 Å². The van der Waals surface area contributed by atoms with Gasteiger partial charge in [-0.1, -0.05) is 30.0 Å². The van der Waals surface area contributed by atoms with Gasteiger partial charge in [0, 0.05) is 17.1 Å². The SMILES string of the molecule is Cc1cc(CO)cnc1Sc1cc2ccccc2[nH]1. The number of fused-ring (bicyclic) bond motifs is 1. The monoisotopic (exact) mass is 270 g/mol. The van der Waals surface area contributed by atoms with Crippen molar-refractivity contribution in [1.29, 1.82) is 0 Å². The summed E-state index contributed by atoms with van der Waals surface area (Å²) in [6, 6.07) is 12.3. The number of hydrogen-bond acceptors (Lipinski definition) is 3. The molecule has 0 aliphatic heterocycles. The van der Waals surface area contributed by atoms with Crippen molar-refractivity contribution < 1.29 is 5.11 Å². The van der Waals surface area contributed by atoms with E-state index < -0.39 is 0 Å². The van der Waals surface area contributed by atoms with Crippen molar-refractivity contribution in [3.63, 3.8) is 0 Å². The fraction of sp³-hybridized carbons (Fsp3) is 0.133. The molecule has 3 nitrogen and oxygen atoms in total. The number of aromatic amines is 1. The molecule has 96 valence electrons. The van der Waals surface area contributed by atoms with Crippen LogP contribution in [0.15, 0.2) is 52.6 Å². The van der Waals surface area contributed by atoms with E-state index in [1.165, 1.54) is 5.39 Å². The van der Waals surface area contributed by atoms with Crippen LogP contribution in [0, 0.1) is 6.92 Å². The predicted octanol–water partition coefficient (Wildman–Crippen LogP) is 3.51. The first-order valence-electron chi connectivity index (χ1n) is 6.08. The Kier molecular flexibility index (Phi) is 3.27. The lowest BCUT2D eigenvalue weighted by Crippen LogP contribution is -1.90. The highest BCUT2D eigenvalue weighted by molar-refractivity contribution is 7.99. The summed E-state index contributed by atoms with van der Waals surface area (Å²) in [6.45, 7) is 2.04. The first-order chi connectivity index (χ1) is 9.26. The standard InChI is InChI=1S/C15H14N2OS/c1-10-6-11(9-18)8-16-15(10)19-14-7-12-4-2-3-5-13(12)17-14/h2-8,17-18H,9H2,1H3. The number of para-hydroxylation sites is 1. The number of H-pyrrole nitrogens is 1. The average Bonchev–Trinajstić information content (AvgIpc) is 2.83. The number of nitrogens with zero attached hydrogens (tertiary/aromatic N) is 1. The Morgan fingerprint density at radius 2 is 2.11 bits per heavy atom. The highest BCUT2D eigenvalue weighted by Crippen LogP contribution is 2.30. The molecule has 2 aromatic heterocycles. The predicted molar refractivity (Wildman–Crippen MR) is 77.3 cm³/mol. The molecule has 0 atom stereocenters. The first kappa shape index (κ1) is 12.3. The van der Waals surface area contributed by atoms with E-state index in [0.717, 1.165) is 26.7 Å². The van der Waals surface area contributed by atoms with Crippen molar-refractivity contribution in [3.05, 3.63) is 53.7 Å². The molecule has 4 heteroatoms. The Morgan fingerprint density at radius 3 is 2.84 bits per heavy atom. The molecule has 0 amide bonds. The van der Waals surface area contributed by atoms with E-state index in [4.69, 9.17) is 5.11 Å². The summed E-state index contributed by atoms with van der Waals surface area (Å²) in [5.41, 5.74) is 3.06. The van der Waals surface area contributed by atoms with Crippen molar-refractivity contribution in [2.24, 2.45) is 0 Å². The van der Waals surface area contributed by atoms with Gasteiger partial charge < -0.3 is 10.1 Å². The summed E-state index contributed by atoms with van der Waals surface area (Å²) in [6.07, 6.45) is 1.72. The maximum absolute atomic E-state index is 9.08. The van der Waals surface area contributed by atoms with Crippen LogP contribution in [-0.4, -0.2) is 15.1 Å². The Hall–Kier alpha value is -1.78. The molecule has 0 saturated carbocycles. The minimum Gasteiger partial charge on any atom is -0.392 e. The van der Waals surface area contributed by atoms with Gasteiger partial charge in [0.2, 0.25) is 0 Å². The van der Waals surface area contributed by atoms with Crippen LogP contribution in [0.5, 0.6) is 0 Å². The second-order valence-corrected chi connectivity index (χ2v) is 5.48. The number of nitrogens with one attached hydrogen (secondary N) is 1. The summed E-state index contributed by atoms with van der Waals surface area (Å²) in [4.78, 5) is 7.77. The second kappa shape index (κ2) is 5.07. The van der Waals surface area contributed by atoms with Crippen LogP contribution in [0.25, 0.3) is 10.9 Å². The summed E-state index contributed by atoms with van der Waals surface area (Å²) in [5, 5.41) is 12.3. The number of aliphatic hydroxyl groups is 1. The van der Waals surface area contributed by atoms with E-state index in [1.54, 1.807) is 18.0 Å². The minimum absolute atomic E-state index is 0.0329. The lowest BCUT2D eigenvalue weighted by atomic mass is 10.2. The maximum atomic E-state index is 9.08. The van der Waals surface area contributed by atoms with Gasteiger partial charge >= 0.3 is 0 Å². The smallest absolute Gasteiger partial charge is 0.105 e. The molecule has 0 fully saturated rings. The first-order valence-corrected chi connectivity index (χ1v) is 6.90. The third kappa shape index (κ3) is 2.50. The fourth-order valence-electron chi connectivity index (χ4n) is 2.02. The van der Waals surface area contributed by atoms with E-state index >= 15 is 0 Å². The third-order valence-electron chi connectivity index (χ3n) is 2.98. The van der Waals surface area contributed by atoms with Crippen molar-refractivity contribution in [2.75, 3.05) is 0 Å². The van der Waals surface area contributed by atoms with Crippen LogP contribution < -0.4 is 0 Å². The largest absolute Gasteiger partial charge is 0.392 e. The van der Waals surface area contributed by atoms with Gasteiger partial charge in [-0.25, -0.2) is 4.98 Å². The number of pyridine rings is 1. The van der Waals surface area contributed by atoms with Crippen LogP contribution in [0.1, 0.15) is 11.1 Å². The fourth-order valence-corrected chi connectivity index (χ4v) is 2.90. The Morgan fingerprint density at radius 1 is 1.26 bits per heavy atom. The van der Waals surface area contributed by atoms with Crippen LogP contribution in [-0.2, 0) is 6.61 Å². The molecule has 2 N–H and O–H groups in total. The quantitative estimate of drug-likeness (QED) is 0.765. The van der Waals surface area contributed by atoms with Crippen LogP contribution in [0.2, 0.25) is 0 Å². The molecule has 0 aliphatic rings. The van der Waals surface area contributed by atoms with Gasteiger partial charge in [0.15, 0.2) is 0 Å². The number of aromatic nitrogens is 2. The molecule has 3 rings (SSSR count). The zero-order valence-corrected chi connectivity index (χ0v) is 11.4. The molecule has 0 aliphatic carbocycles. The minimum atomic E-state index is 0.0329. The lowest BCUT2D eigenvalue weighted by molar-refractivity contribution is 0.281. The van der Waals surface area contributed by atoms with Gasteiger partial charge in [-0.15, -0.1) is 0 Å². The molecule has 2 heterocycles. The zero-order valence-electron chi connectivity index (χ0n) is 10.6. The topological polar surface area (TPSA) is 48.9 Å². The Bertz CT molecular complexity index is 688. The van der Waals surface area contributed by atoms with Gasteiger partial charge in [-0.05, 0) is 36.2 Å². The molecular formula is C15H14N2OS. The number of rotatable bonds is 3. The average molecular weight is 270 g/mol. The second-order valence-electron chi connectivity index (χ2n) is 4.45. The molecule has 19 heavy (non-hydrogen) atoms. The highest BCUT2D eigenvalue weighted by atomic mass is 32.2. The lowest BCUT2D eigenvalue weighted by Gasteiger charge is -2.04. The van der Waals surface area contributed by atoms with Crippen molar-refractivity contribution in [1.82, 2.24) is 9.97 Å². The van der Waals surface area contributed by atoms with Gasteiger partial charge in [0.25, 0.3) is 0 Å². The summed E-state index contributed by atoms with van der Waals surface area (Å²) in [5.74, 6) is 0. The number of aryl methyl sites for hydroxylation is 1. The van der Waals surface area contributed by atoms with Crippen molar-refractivity contribution >= 4 is 22.7 Å². The Labute approximate surface area is 115 Å². The van der Waals surface area contributed by atoms with Gasteiger partial charge in [-0.2, -0.15) is 0 Å². The number of aliphatic hydroxyl groups excluding tert-OH is 1. The van der Waals surface area contributed by atoms with Gasteiger partial charge in [0.1, 0.15) is 5.03 Å². The molecule has 0 radical (unpaired) electrons. The summed E-state index contributed by atoms with van der Waals surface area (Å²) >= 11 is 1.61. The molecule has 0 bridgehead atoms. The molecule has 0 spiro atoms. The van der Waals surface area contributed by atoms with Crippen LogP contribution in [0.3, 0.4) is 0 Å².